The van der Waals surface area contributed by atoms with Crippen molar-refractivity contribution in [3.63, 3.8) is 0 Å². The van der Waals surface area contributed by atoms with Crippen LogP contribution in [0.2, 0.25) is 0 Å². The summed E-state index contributed by atoms with van der Waals surface area (Å²) in [5.41, 5.74) is 10.2. The first-order valence-electron chi connectivity index (χ1n) is 6.63. The molecule has 0 saturated heterocycles. The quantitative estimate of drug-likeness (QED) is 0.718. The van der Waals surface area contributed by atoms with Crippen LogP contribution in [-0.2, 0) is 6.54 Å². The second-order valence-electron chi connectivity index (χ2n) is 4.80. The fourth-order valence-electron chi connectivity index (χ4n) is 2.21. The number of rotatable bonds is 3. The number of pyridine rings is 1. The molecule has 0 unspecified atom stereocenters. The third-order valence-electron chi connectivity index (χ3n) is 3.33. The van der Waals surface area contributed by atoms with Gasteiger partial charge in [0.05, 0.1) is 17.1 Å². The fourth-order valence-corrected chi connectivity index (χ4v) is 2.21. The molecule has 0 saturated carbocycles. The van der Waals surface area contributed by atoms with E-state index in [1.165, 1.54) is 0 Å². The van der Waals surface area contributed by atoms with Gasteiger partial charge in [0.15, 0.2) is 0 Å². The molecule has 1 aromatic heterocycles. The number of anilines is 2. The first kappa shape index (κ1) is 12.9. The van der Waals surface area contributed by atoms with Gasteiger partial charge < -0.3 is 11.1 Å². The Morgan fingerprint density at radius 3 is 2.67 bits per heavy atom. The summed E-state index contributed by atoms with van der Waals surface area (Å²) in [7, 11) is 0. The van der Waals surface area contributed by atoms with Gasteiger partial charge in [-0.1, -0.05) is 12.1 Å². The van der Waals surface area contributed by atoms with Crippen molar-refractivity contribution in [1.82, 2.24) is 4.98 Å². The maximum atomic E-state index is 8.79. The first-order chi connectivity index (χ1) is 10.3. The fraction of sp³-hybridized carbons (Fsp3) is 0.0588. The van der Waals surface area contributed by atoms with Crippen molar-refractivity contribution in [3.05, 3.63) is 65.9 Å². The van der Waals surface area contributed by atoms with Crippen LogP contribution in [0, 0.1) is 11.3 Å². The molecule has 1 heterocycles. The molecular formula is C17H14N4. The van der Waals surface area contributed by atoms with Gasteiger partial charge in [-0.25, -0.2) is 0 Å². The van der Waals surface area contributed by atoms with Gasteiger partial charge in [-0.15, -0.1) is 0 Å². The van der Waals surface area contributed by atoms with Gasteiger partial charge in [0.25, 0.3) is 0 Å². The maximum Gasteiger partial charge on any atom is 0.0991 e. The van der Waals surface area contributed by atoms with E-state index in [2.05, 4.69) is 16.4 Å². The molecule has 0 aliphatic heterocycles. The summed E-state index contributed by atoms with van der Waals surface area (Å²) in [6.45, 7) is 0.690. The highest BCUT2D eigenvalue weighted by Crippen LogP contribution is 2.23. The Morgan fingerprint density at radius 2 is 1.90 bits per heavy atom. The predicted molar refractivity (Wildman–Crippen MR) is 84.6 cm³/mol. The van der Waals surface area contributed by atoms with Crippen LogP contribution in [0.5, 0.6) is 0 Å². The molecule has 0 fully saturated rings. The number of hydrogen-bond acceptors (Lipinski definition) is 4. The Balaban J connectivity index is 1.83. The van der Waals surface area contributed by atoms with Crippen LogP contribution in [0.4, 0.5) is 11.4 Å². The van der Waals surface area contributed by atoms with Crippen LogP contribution >= 0.6 is 0 Å². The van der Waals surface area contributed by atoms with Gasteiger partial charge in [0, 0.05) is 29.5 Å². The maximum absolute atomic E-state index is 8.79. The Kier molecular flexibility index (Phi) is 3.40. The van der Waals surface area contributed by atoms with Crippen molar-refractivity contribution in [1.29, 1.82) is 5.26 Å². The van der Waals surface area contributed by atoms with Gasteiger partial charge in [0.2, 0.25) is 0 Å². The lowest BCUT2D eigenvalue weighted by atomic mass is 10.1. The van der Waals surface area contributed by atoms with Crippen molar-refractivity contribution in [2.75, 3.05) is 11.1 Å². The second kappa shape index (κ2) is 5.51. The lowest BCUT2D eigenvalue weighted by Gasteiger charge is -2.10. The molecule has 21 heavy (non-hydrogen) atoms. The number of nitriles is 1. The van der Waals surface area contributed by atoms with E-state index >= 15 is 0 Å². The molecule has 0 aliphatic rings. The molecule has 3 N–H and O–H groups in total. The molecule has 4 nitrogen and oxygen atoms in total. The van der Waals surface area contributed by atoms with Gasteiger partial charge in [-0.05, 0) is 42.0 Å². The number of benzene rings is 2. The molecule has 2 aromatic carbocycles. The summed E-state index contributed by atoms with van der Waals surface area (Å²) in [5.74, 6) is 0. The topological polar surface area (TPSA) is 74.7 Å². The molecule has 0 spiro atoms. The number of nitrogens with one attached hydrogen (secondary N) is 1. The molecule has 3 rings (SSSR count). The van der Waals surface area contributed by atoms with E-state index in [1.807, 2.05) is 48.5 Å². The summed E-state index contributed by atoms with van der Waals surface area (Å²) in [5, 5.41) is 13.2. The van der Waals surface area contributed by atoms with E-state index in [1.54, 1.807) is 6.20 Å². The molecule has 3 aromatic rings. The summed E-state index contributed by atoms with van der Waals surface area (Å²) in [6, 6.07) is 17.3. The van der Waals surface area contributed by atoms with Crippen LogP contribution < -0.4 is 11.1 Å². The minimum absolute atomic E-state index is 0.670. The minimum atomic E-state index is 0.670. The van der Waals surface area contributed by atoms with Crippen molar-refractivity contribution < 1.29 is 0 Å². The number of nitrogens with zero attached hydrogens (tertiary/aromatic N) is 2. The monoisotopic (exact) mass is 274 g/mol. The number of nitrogen functional groups attached to an aromatic ring is 1. The highest BCUT2D eigenvalue weighted by molar-refractivity contribution is 5.92. The molecule has 0 bridgehead atoms. The van der Waals surface area contributed by atoms with Crippen LogP contribution in [0.1, 0.15) is 11.1 Å². The number of nitrogens with two attached hydrogens (primary N) is 1. The van der Waals surface area contributed by atoms with Crippen LogP contribution in [-0.4, -0.2) is 4.98 Å². The zero-order chi connectivity index (χ0) is 14.7. The molecule has 0 aliphatic carbocycles. The zero-order valence-corrected chi connectivity index (χ0v) is 11.4. The largest absolute Gasteiger partial charge is 0.399 e. The lowest BCUT2D eigenvalue weighted by Crippen LogP contribution is -2.00. The normalized spacial score (nSPS) is 10.2. The van der Waals surface area contributed by atoms with Crippen molar-refractivity contribution in [3.8, 4) is 6.07 Å². The Labute approximate surface area is 122 Å². The summed E-state index contributed by atoms with van der Waals surface area (Å²) < 4.78 is 0. The molecule has 0 amide bonds. The number of hydrogen-bond donors (Lipinski definition) is 2. The van der Waals surface area contributed by atoms with Crippen molar-refractivity contribution >= 4 is 22.3 Å². The van der Waals surface area contributed by atoms with Crippen LogP contribution in [0.15, 0.2) is 54.7 Å². The molecular weight excluding hydrogens is 260 g/mol. The molecule has 4 heteroatoms. The Bertz CT molecular complexity index is 816. The summed E-state index contributed by atoms with van der Waals surface area (Å²) in [6.07, 6.45) is 1.77. The average Bonchev–Trinajstić information content (AvgIpc) is 2.53. The van der Waals surface area contributed by atoms with Crippen LogP contribution in [0.25, 0.3) is 10.9 Å². The third kappa shape index (κ3) is 2.77. The standard InChI is InChI=1S/C17H14N4/c18-10-12-1-3-13(4-2-12)11-21-16-7-8-20-17-9-14(19)5-6-15(16)17/h1-9H,11,19H2,(H,20,21). The van der Waals surface area contributed by atoms with Crippen LogP contribution in [0.3, 0.4) is 0 Å². The predicted octanol–water partition coefficient (Wildman–Crippen LogP) is 3.30. The average molecular weight is 274 g/mol. The SMILES string of the molecule is N#Cc1ccc(CNc2ccnc3cc(N)ccc23)cc1. The second-order valence-corrected chi connectivity index (χ2v) is 4.80. The Morgan fingerprint density at radius 1 is 1.10 bits per heavy atom. The van der Waals surface area contributed by atoms with Gasteiger partial charge in [-0.3, -0.25) is 4.98 Å². The van der Waals surface area contributed by atoms with Gasteiger partial charge >= 0.3 is 0 Å². The third-order valence-corrected chi connectivity index (χ3v) is 3.33. The van der Waals surface area contributed by atoms with E-state index < -0.39 is 0 Å². The van der Waals surface area contributed by atoms with Crippen molar-refractivity contribution in [2.45, 2.75) is 6.54 Å². The zero-order valence-electron chi connectivity index (χ0n) is 11.4. The first-order valence-corrected chi connectivity index (χ1v) is 6.63. The van der Waals surface area contributed by atoms with E-state index in [0.717, 1.165) is 22.2 Å². The van der Waals surface area contributed by atoms with Crippen molar-refractivity contribution in [2.24, 2.45) is 0 Å². The number of fused-ring (bicyclic) bond motifs is 1. The summed E-state index contributed by atoms with van der Waals surface area (Å²) in [4.78, 5) is 4.32. The highest BCUT2D eigenvalue weighted by Gasteiger charge is 2.02. The summed E-state index contributed by atoms with van der Waals surface area (Å²) >= 11 is 0. The van der Waals surface area contributed by atoms with E-state index in [-0.39, 0.29) is 0 Å². The van der Waals surface area contributed by atoms with E-state index in [0.29, 0.717) is 17.8 Å². The molecule has 0 radical (unpaired) electrons. The molecule has 102 valence electrons. The smallest absolute Gasteiger partial charge is 0.0991 e. The highest BCUT2D eigenvalue weighted by atomic mass is 14.9. The number of aromatic nitrogens is 1. The van der Waals surface area contributed by atoms with E-state index in [4.69, 9.17) is 11.0 Å². The molecule has 0 atom stereocenters. The lowest BCUT2D eigenvalue weighted by molar-refractivity contribution is 1.15. The van der Waals surface area contributed by atoms with Gasteiger partial charge in [0.1, 0.15) is 0 Å². The van der Waals surface area contributed by atoms with E-state index in [9.17, 15) is 0 Å². The minimum Gasteiger partial charge on any atom is -0.399 e. The van der Waals surface area contributed by atoms with Gasteiger partial charge in [-0.2, -0.15) is 5.26 Å². The Hall–Kier alpha value is -3.06.